The lowest BCUT2D eigenvalue weighted by molar-refractivity contribution is 0.590. The molecule has 9 aromatic rings. The minimum atomic E-state index is -2.94. The van der Waals surface area contributed by atoms with Gasteiger partial charge in [-0.1, -0.05) is 199 Å². The van der Waals surface area contributed by atoms with Crippen molar-refractivity contribution in [2.45, 2.75) is 59.3 Å². The molecule has 0 bridgehead atoms. The zero-order valence-electron chi connectivity index (χ0n) is 40.1. The Hall–Kier alpha value is -7.21. The summed E-state index contributed by atoms with van der Waals surface area (Å²) in [4.78, 5) is 5.02. The molecular weight excluding hydrogens is 843 g/mol. The van der Waals surface area contributed by atoms with Crippen LogP contribution in [0.3, 0.4) is 0 Å². The molecule has 0 aliphatic carbocycles. The lowest BCUT2D eigenvalue weighted by Gasteiger charge is -2.45. The molecule has 11 rings (SSSR count). The zero-order valence-corrected chi connectivity index (χ0v) is 41.1. The predicted molar refractivity (Wildman–Crippen MR) is 292 cm³/mol. The molecule has 0 spiro atoms. The van der Waals surface area contributed by atoms with Gasteiger partial charge in [0.25, 0.3) is 6.71 Å². The van der Waals surface area contributed by atoms with Crippen molar-refractivity contribution in [2.75, 3.05) is 9.80 Å². The highest BCUT2D eigenvalue weighted by molar-refractivity contribution is 7.20. The van der Waals surface area contributed by atoms with Crippen LogP contribution in [0, 0.1) is 12.7 Å². The van der Waals surface area contributed by atoms with Crippen molar-refractivity contribution in [1.29, 1.82) is 0 Å². The SMILES string of the molecule is Cc1cc2c3c(c1)N(c1ccc([Si](c4ccccc4)(c4ccccc4)c4ccccc4)cc1-c1ccc(F)cc1)c1ccccc1B3c1cc(C(C)(C)C)ccc1N2c1ccc(C(C)(C)C)cc1. The second-order valence-electron chi connectivity index (χ2n) is 20.8. The number of para-hydroxylation sites is 1. The number of benzene rings is 9. The normalized spacial score (nSPS) is 13.2. The molecule has 0 fully saturated rings. The van der Waals surface area contributed by atoms with Gasteiger partial charge in [-0.25, -0.2) is 4.39 Å². The van der Waals surface area contributed by atoms with Gasteiger partial charge in [0.2, 0.25) is 0 Å². The first-order valence-corrected chi connectivity index (χ1v) is 26.0. The monoisotopic (exact) mass is 898 g/mol. The quantitative estimate of drug-likeness (QED) is 0.116. The number of aryl methyl sites for hydroxylation is 1. The van der Waals surface area contributed by atoms with Gasteiger partial charge >= 0.3 is 0 Å². The van der Waals surface area contributed by atoms with Crippen LogP contribution in [0.5, 0.6) is 0 Å². The van der Waals surface area contributed by atoms with Gasteiger partial charge in [0, 0.05) is 34.0 Å². The molecule has 9 aromatic carbocycles. The topological polar surface area (TPSA) is 6.48 Å². The fraction of sp³-hybridized carbons (Fsp3) is 0.143. The summed E-state index contributed by atoms with van der Waals surface area (Å²) >= 11 is 0. The molecule has 5 heteroatoms. The molecule has 2 aliphatic heterocycles. The molecule has 0 atom stereocenters. The van der Waals surface area contributed by atoms with Gasteiger partial charge < -0.3 is 9.80 Å². The van der Waals surface area contributed by atoms with Crippen LogP contribution >= 0.6 is 0 Å². The standard InChI is InChI=1S/C63H56BFN2Si/c1-43-39-59-61-60(40-43)67(57-26-18-17-25-54(57)64(61)55-41-46(63(5,6)7)31-37-58(55)66(59)48-34-29-45(30-35-48)62(2,3)4)56-38-36-52(42-53(56)44-27-32-47(65)33-28-44)68(49-19-11-8-12-20-49,50-21-13-9-14-22-50)51-23-15-10-16-24-51/h8-42H,1-7H3. The molecule has 2 nitrogen and oxygen atoms in total. The summed E-state index contributed by atoms with van der Waals surface area (Å²) in [5, 5.41) is 5.17. The number of anilines is 6. The van der Waals surface area contributed by atoms with Crippen molar-refractivity contribution in [2.24, 2.45) is 0 Å². The first kappa shape index (κ1) is 43.4. The predicted octanol–water partition coefficient (Wildman–Crippen LogP) is 11.9. The average molecular weight is 899 g/mol. The minimum absolute atomic E-state index is 0.0155. The largest absolute Gasteiger partial charge is 0.311 e. The lowest BCUT2D eigenvalue weighted by Crippen LogP contribution is -2.74. The number of hydrogen-bond donors (Lipinski definition) is 0. The van der Waals surface area contributed by atoms with Gasteiger partial charge in [-0.15, -0.1) is 0 Å². The number of fused-ring (bicyclic) bond motifs is 4. The molecule has 0 amide bonds. The van der Waals surface area contributed by atoms with Gasteiger partial charge in [0.05, 0.1) is 5.69 Å². The van der Waals surface area contributed by atoms with Gasteiger partial charge in [0.1, 0.15) is 5.82 Å². The summed E-state index contributed by atoms with van der Waals surface area (Å²) < 4.78 is 15.0. The Kier molecular flexibility index (Phi) is 10.5. The van der Waals surface area contributed by atoms with E-state index in [0.717, 1.165) is 33.9 Å². The van der Waals surface area contributed by atoms with Crippen LogP contribution in [-0.2, 0) is 10.8 Å². The summed E-state index contributed by atoms with van der Waals surface area (Å²) in [7, 11) is -2.94. The summed E-state index contributed by atoms with van der Waals surface area (Å²) in [6.07, 6.45) is 0. The van der Waals surface area contributed by atoms with Crippen molar-refractivity contribution >= 4 is 86.0 Å². The maximum absolute atomic E-state index is 15.0. The number of halogens is 1. The van der Waals surface area contributed by atoms with Crippen LogP contribution in [0.1, 0.15) is 58.2 Å². The van der Waals surface area contributed by atoms with E-state index in [9.17, 15) is 0 Å². The summed E-state index contributed by atoms with van der Waals surface area (Å²) in [6.45, 7) is 16.0. The first-order chi connectivity index (χ1) is 32.8. The van der Waals surface area contributed by atoms with E-state index < -0.39 is 8.07 Å². The van der Waals surface area contributed by atoms with Crippen LogP contribution in [0.25, 0.3) is 11.1 Å². The maximum Gasteiger partial charge on any atom is 0.252 e. The number of rotatable bonds is 7. The Balaban J connectivity index is 1.21. The fourth-order valence-corrected chi connectivity index (χ4v) is 15.9. The fourth-order valence-electron chi connectivity index (χ4n) is 11.1. The van der Waals surface area contributed by atoms with E-state index in [2.05, 4.69) is 246 Å². The van der Waals surface area contributed by atoms with Crippen LogP contribution in [-0.4, -0.2) is 14.8 Å². The Labute approximate surface area is 403 Å². The molecule has 0 unspecified atom stereocenters. The lowest BCUT2D eigenvalue weighted by atomic mass is 9.33. The third kappa shape index (κ3) is 7.14. The maximum atomic E-state index is 15.0. The Morgan fingerprint density at radius 2 is 0.912 bits per heavy atom. The zero-order chi connectivity index (χ0) is 47.0. The summed E-state index contributed by atoms with van der Waals surface area (Å²) in [5.41, 5.74) is 16.5. The third-order valence-electron chi connectivity index (χ3n) is 14.4. The van der Waals surface area contributed by atoms with E-state index in [1.54, 1.807) is 12.1 Å². The molecule has 332 valence electrons. The molecule has 68 heavy (non-hydrogen) atoms. The molecule has 0 saturated heterocycles. The highest BCUT2D eigenvalue weighted by atomic mass is 28.3. The average Bonchev–Trinajstić information content (AvgIpc) is 3.35. The van der Waals surface area contributed by atoms with Crippen molar-refractivity contribution in [1.82, 2.24) is 0 Å². The Morgan fingerprint density at radius 1 is 0.412 bits per heavy atom. The van der Waals surface area contributed by atoms with Crippen LogP contribution in [0.15, 0.2) is 212 Å². The van der Waals surface area contributed by atoms with Gasteiger partial charge in [-0.05, 0) is 132 Å². The second kappa shape index (κ2) is 16.5. The molecule has 2 aliphatic rings. The van der Waals surface area contributed by atoms with Gasteiger partial charge in [-0.2, -0.15) is 0 Å². The van der Waals surface area contributed by atoms with E-state index in [4.69, 9.17) is 0 Å². The summed E-state index contributed by atoms with van der Waals surface area (Å²) in [5.74, 6) is -0.254. The molecular formula is C63H56BFN2Si. The smallest absolute Gasteiger partial charge is 0.252 e. The molecule has 0 radical (unpaired) electrons. The molecule has 0 saturated carbocycles. The van der Waals surface area contributed by atoms with Crippen molar-refractivity contribution in [3.63, 3.8) is 0 Å². The van der Waals surface area contributed by atoms with Crippen molar-refractivity contribution < 1.29 is 4.39 Å². The van der Waals surface area contributed by atoms with Crippen LogP contribution in [0.4, 0.5) is 38.5 Å². The second-order valence-corrected chi connectivity index (χ2v) is 24.6. The van der Waals surface area contributed by atoms with E-state index in [0.29, 0.717) is 0 Å². The minimum Gasteiger partial charge on any atom is -0.311 e. The van der Waals surface area contributed by atoms with Crippen molar-refractivity contribution in [3.05, 3.63) is 235 Å². The molecule has 0 N–H and O–H groups in total. The van der Waals surface area contributed by atoms with Gasteiger partial charge in [-0.3, -0.25) is 0 Å². The van der Waals surface area contributed by atoms with E-state index in [1.807, 2.05) is 12.1 Å². The molecule has 0 aromatic heterocycles. The van der Waals surface area contributed by atoms with Crippen molar-refractivity contribution in [3.8, 4) is 11.1 Å². The highest BCUT2D eigenvalue weighted by Gasteiger charge is 2.45. The van der Waals surface area contributed by atoms with E-state index in [1.165, 1.54) is 65.2 Å². The van der Waals surface area contributed by atoms with Gasteiger partial charge in [0.15, 0.2) is 8.07 Å². The Morgan fingerprint density at radius 3 is 1.49 bits per heavy atom. The molecule has 2 heterocycles. The highest BCUT2D eigenvalue weighted by Crippen LogP contribution is 2.47. The summed E-state index contributed by atoms with van der Waals surface area (Å²) in [6, 6.07) is 77.7. The Bertz CT molecular complexity index is 3220. The third-order valence-corrected chi connectivity index (χ3v) is 19.2. The first-order valence-electron chi connectivity index (χ1n) is 24.0. The van der Waals surface area contributed by atoms with E-state index in [-0.39, 0.29) is 23.4 Å². The van der Waals surface area contributed by atoms with Crippen LogP contribution in [0.2, 0.25) is 0 Å². The van der Waals surface area contributed by atoms with Crippen LogP contribution < -0.4 is 46.9 Å². The number of hydrogen-bond acceptors (Lipinski definition) is 2. The number of nitrogens with zero attached hydrogens (tertiary/aromatic N) is 2. The van der Waals surface area contributed by atoms with E-state index >= 15 is 4.39 Å².